The normalized spacial score (nSPS) is 22.1. The molecule has 1 saturated heterocycles. The molecule has 2 atom stereocenters. The van der Waals surface area contributed by atoms with E-state index in [1.165, 1.54) is 16.0 Å². The number of nitrogens with two attached hydrogens (primary N) is 1. The minimum absolute atomic E-state index is 0.563. The predicted octanol–water partition coefficient (Wildman–Crippen LogP) is 3.58. The molecule has 22 heavy (non-hydrogen) atoms. The third-order valence-corrected chi connectivity index (χ3v) is 5.36. The van der Waals surface area contributed by atoms with Crippen LogP contribution in [0.2, 0.25) is 0 Å². The average Bonchev–Trinajstić information content (AvgIpc) is 2.99. The van der Waals surface area contributed by atoms with Gasteiger partial charge in [0.15, 0.2) is 0 Å². The number of likely N-dealkylation sites (tertiary alicyclic amines) is 1. The average molecular weight is 312 g/mol. The van der Waals surface area contributed by atoms with Gasteiger partial charge in [-0.05, 0) is 42.0 Å². The van der Waals surface area contributed by atoms with Crippen LogP contribution >= 0.6 is 11.8 Å². The van der Waals surface area contributed by atoms with E-state index < -0.39 is 0 Å². The van der Waals surface area contributed by atoms with Crippen molar-refractivity contribution in [2.24, 2.45) is 11.7 Å². The van der Waals surface area contributed by atoms with E-state index >= 15 is 0 Å². The summed E-state index contributed by atoms with van der Waals surface area (Å²) in [5, 5.41) is 0. The maximum atomic E-state index is 6.03. The molecule has 3 rings (SSSR count). The Hall–Kier alpha value is -1.29. The lowest BCUT2D eigenvalue weighted by Gasteiger charge is -2.17. The van der Waals surface area contributed by atoms with Gasteiger partial charge in [-0.1, -0.05) is 42.5 Å². The topological polar surface area (TPSA) is 29.3 Å². The van der Waals surface area contributed by atoms with Gasteiger partial charge in [-0.25, -0.2) is 0 Å². The van der Waals surface area contributed by atoms with E-state index in [0.29, 0.717) is 11.8 Å². The molecule has 0 radical (unpaired) electrons. The Morgan fingerprint density at radius 3 is 2.41 bits per heavy atom. The van der Waals surface area contributed by atoms with Gasteiger partial charge in [0.2, 0.25) is 0 Å². The summed E-state index contributed by atoms with van der Waals surface area (Å²) < 4.78 is 0. The molecule has 0 amide bonds. The van der Waals surface area contributed by atoms with Gasteiger partial charge in [-0.15, -0.1) is 11.8 Å². The van der Waals surface area contributed by atoms with E-state index in [9.17, 15) is 0 Å². The molecule has 0 aliphatic carbocycles. The van der Waals surface area contributed by atoms with Crippen LogP contribution in [0.15, 0.2) is 59.5 Å². The van der Waals surface area contributed by atoms with Crippen molar-refractivity contribution >= 4 is 11.8 Å². The molecule has 2 nitrogen and oxygen atoms in total. The van der Waals surface area contributed by atoms with Crippen molar-refractivity contribution in [3.05, 3.63) is 65.7 Å². The number of thioether (sulfide) groups is 1. The van der Waals surface area contributed by atoms with Crippen molar-refractivity contribution in [1.29, 1.82) is 0 Å². The third-order valence-electron chi connectivity index (χ3n) is 4.61. The van der Waals surface area contributed by atoms with Crippen molar-refractivity contribution < 1.29 is 0 Å². The summed E-state index contributed by atoms with van der Waals surface area (Å²) in [5.41, 5.74) is 8.85. The Morgan fingerprint density at radius 1 is 1.05 bits per heavy atom. The highest BCUT2D eigenvalue weighted by molar-refractivity contribution is 7.98. The van der Waals surface area contributed by atoms with E-state index in [-0.39, 0.29) is 0 Å². The second-order valence-electron chi connectivity index (χ2n) is 6.06. The first-order valence-electron chi connectivity index (χ1n) is 7.90. The lowest BCUT2D eigenvalue weighted by Crippen LogP contribution is -2.23. The minimum atomic E-state index is 0.563. The van der Waals surface area contributed by atoms with Crippen LogP contribution in [-0.4, -0.2) is 30.8 Å². The predicted molar refractivity (Wildman–Crippen MR) is 95.2 cm³/mol. The number of benzene rings is 2. The lowest BCUT2D eigenvalue weighted by atomic mass is 9.89. The fourth-order valence-electron chi connectivity index (χ4n) is 3.40. The van der Waals surface area contributed by atoms with Crippen LogP contribution in [0.4, 0.5) is 0 Å². The van der Waals surface area contributed by atoms with Gasteiger partial charge < -0.3 is 5.73 Å². The van der Waals surface area contributed by atoms with Gasteiger partial charge in [0.1, 0.15) is 0 Å². The largest absolute Gasteiger partial charge is 0.330 e. The summed E-state index contributed by atoms with van der Waals surface area (Å²) in [6.07, 6.45) is 2.12. The summed E-state index contributed by atoms with van der Waals surface area (Å²) in [6, 6.07) is 19.8. The van der Waals surface area contributed by atoms with Crippen LogP contribution in [0.3, 0.4) is 0 Å². The molecule has 2 aromatic carbocycles. The zero-order chi connectivity index (χ0) is 15.4. The van der Waals surface area contributed by atoms with E-state index in [0.717, 1.165) is 26.2 Å². The second-order valence-corrected chi connectivity index (χ2v) is 6.93. The molecule has 116 valence electrons. The van der Waals surface area contributed by atoms with Crippen molar-refractivity contribution in [1.82, 2.24) is 4.90 Å². The first-order valence-corrected chi connectivity index (χ1v) is 9.13. The van der Waals surface area contributed by atoms with Crippen molar-refractivity contribution in [3.63, 3.8) is 0 Å². The van der Waals surface area contributed by atoms with Gasteiger partial charge >= 0.3 is 0 Å². The van der Waals surface area contributed by atoms with Crippen LogP contribution in [0.1, 0.15) is 17.0 Å². The van der Waals surface area contributed by atoms with Crippen LogP contribution < -0.4 is 5.73 Å². The summed E-state index contributed by atoms with van der Waals surface area (Å²) >= 11 is 1.79. The van der Waals surface area contributed by atoms with E-state index in [1.807, 2.05) is 0 Å². The van der Waals surface area contributed by atoms with E-state index in [1.54, 1.807) is 11.8 Å². The molecular weight excluding hydrogens is 288 g/mol. The molecule has 1 aliphatic heterocycles. The van der Waals surface area contributed by atoms with E-state index in [4.69, 9.17) is 5.73 Å². The number of nitrogens with zero attached hydrogens (tertiary/aromatic N) is 1. The maximum Gasteiger partial charge on any atom is 0.0234 e. The Bertz CT molecular complexity index is 582. The number of hydrogen-bond acceptors (Lipinski definition) is 3. The molecule has 1 fully saturated rings. The summed E-state index contributed by atoms with van der Waals surface area (Å²) in [4.78, 5) is 3.87. The minimum Gasteiger partial charge on any atom is -0.330 e. The van der Waals surface area contributed by atoms with Crippen molar-refractivity contribution in [2.45, 2.75) is 17.4 Å². The van der Waals surface area contributed by atoms with Gasteiger partial charge in [0.05, 0.1) is 0 Å². The molecule has 0 unspecified atom stereocenters. The summed E-state index contributed by atoms with van der Waals surface area (Å²) in [7, 11) is 0. The monoisotopic (exact) mass is 312 g/mol. The van der Waals surface area contributed by atoms with Gasteiger partial charge in [-0.2, -0.15) is 0 Å². The second kappa shape index (κ2) is 7.32. The Morgan fingerprint density at radius 2 is 1.77 bits per heavy atom. The Kier molecular flexibility index (Phi) is 5.19. The smallest absolute Gasteiger partial charge is 0.0234 e. The van der Waals surface area contributed by atoms with Crippen LogP contribution in [-0.2, 0) is 6.54 Å². The zero-order valence-corrected chi connectivity index (χ0v) is 13.9. The third kappa shape index (κ3) is 3.54. The zero-order valence-electron chi connectivity index (χ0n) is 13.1. The molecule has 1 aliphatic rings. The van der Waals surface area contributed by atoms with Crippen molar-refractivity contribution in [2.75, 3.05) is 25.9 Å². The molecule has 0 saturated carbocycles. The van der Waals surface area contributed by atoms with E-state index in [2.05, 4.69) is 65.8 Å². The molecule has 0 aromatic heterocycles. The van der Waals surface area contributed by atoms with Gasteiger partial charge in [0.25, 0.3) is 0 Å². The SMILES string of the molecule is CSc1ccc(CN2C[C@@H](CN)[C@H](c3ccccc3)C2)cc1. The summed E-state index contributed by atoms with van der Waals surface area (Å²) in [5.74, 6) is 1.13. The molecule has 2 N–H and O–H groups in total. The highest BCUT2D eigenvalue weighted by Gasteiger charge is 2.32. The van der Waals surface area contributed by atoms with Gasteiger partial charge in [-0.3, -0.25) is 4.90 Å². The fourth-order valence-corrected chi connectivity index (χ4v) is 3.80. The molecule has 0 bridgehead atoms. The highest BCUT2D eigenvalue weighted by Crippen LogP contribution is 2.32. The quantitative estimate of drug-likeness (QED) is 0.856. The molecule has 0 spiro atoms. The number of rotatable bonds is 5. The molecular formula is C19H24N2S. The Labute approximate surface area is 137 Å². The van der Waals surface area contributed by atoms with Gasteiger partial charge in [0, 0.05) is 30.4 Å². The first kappa shape index (κ1) is 15.6. The molecule has 3 heteroatoms. The summed E-state index contributed by atoms with van der Waals surface area (Å²) in [6.45, 7) is 3.99. The highest BCUT2D eigenvalue weighted by atomic mass is 32.2. The molecule has 2 aromatic rings. The molecule has 1 heterocycles. The lowest BCUT2D eigenvalue weighted by molar-refractivity contribution is 0.317. The maximum absolute atomic E-state index is 6.03. The fraction of sp³-hybridized carbons (Fsp3) is 0.368. The Balaban J connectivity index is 1.68. The van der Waals surface area contributed by atoms with Crippen LogP contribution in [0.5, 0.6) is 0 Å². The standard InChI is InChI=1S/C19H24N2S/c1-22-18-9-7-15(8-10-18)12-21-13-17(11-20)19(14-21)16-5-3-2-4-6-16/h2-10,17,19H,11-14,20H2,1H3/t17-,19+/m1/s1. The first-order chi connectivity index (χ1) is 10.8. The van der Waals surface area contributed by atoms with Crippen LogP contribution in [0.25, 0.3) is 0 Å². The van der Waals surface area contributed by atoms with Crippen LogP contribution in [0, 0.1) is 5.92 Å². The van der Waals surface area contributed by atoms with Crippen molar-refractivity contribution in [3.8, 4) is 0 Å². The number of hydrogen-bond donors (Lipinski definition) is 1.